The van der Waals surface area contributed by atoms with E-state index in [4.69, 9.17) is 4.74 Å². The maximum absolute atomic E-state index is 12.7. The highest BCUT2D eigenvalue weighted by Crippen LogP contribution is 2.25. The van der Waals surface area contributed by atoms with E-state index >= 15 is 0 Å². The quantitative estimate of drug-likeness (QED) is 0.750. The van der Waals surface area contributed by atoms with Crippen molar-refractivity contribution in [2.45, 2.75) is 13.3 Å². The van der Waals surface area contributed by atoms with Crippen LogP contribution in [0, 0.1) is 12.8 Å². The second-order valence-corrected chi connectivity index (χ2v) is 6.04. The van der Waals surface area contributed by atoms with Crippen molar-refractivity contribution >= 4 is 22.1 Å². The van der Waals surface area contributed by atoms with E-state index in [9.17, 15) is 17.1 Å². The minimum atomic E-state index is -4.60. The predicted octanol–water partition coefficient (Wildman–Crippen LogP) is 0.446. The lowest BCUT2D eigenvalue weighted by Gasteiger charge is -2.15. The number of halogens is 1. The van der Waals surface area contributed by atoms with E-state index in [0.29, 0.717) is 11.6 Å². The lowest BCUT2D eigenvalue weighted by molar-refractivity contribution is -0.117. The van der Waals surface area contributed by atoms with Gasteiger partial charge in [0.25, 0.3) is 0 Å². The van der Waals surface area contributed by atoms with Crippen molar-refractivity contribution in [3.05, 3.63) is 11.8 Å². The molecule has 7 nitrogen and oxygen atoms in total. The molecule has 1 saturated heterocycles. The molecule has 20 heavy (non-hydrogen) atoms. The maximum Gasteiger partial charge on any atom is 0.302 e. The number of anilines is 1. The number of ether oxygens (including phenoxy) is 1. The zero-order valence-corrected chi connectivity index (χ0v) is 11.9. The first-order valence-electron chi connectivity index (χ1n) is 5.91. The van der Waals surface area contributed by atoms with E-state index in [1.807, 2.05) is 0 Å². The van der Waals surface area contributed by atoms with Crippen molar-refractivity contribution in [2.75, 3.05) is 24.3 Å². The van der Waals surface area contributed by atoms with Crippen LogP contribution in [0.3, 0.4) is 0 Å². The molecule has 2 rings (SSSR count). The summed E-state index contributed by atoms with van der Waals surface area (Å²) in [5.41, 5.74) is 0.612. The fourth-order valence-electron chi connectivity index (χ4n) is 2.12. The number of nitrogens with zero attached hydrogens (tertiary/aromatic N) is 3. The summed E-state index contributed by atoms with van der Waals surface area (Å²) in [4.78, 5) is 21.3. The topological polar surface area (TPSA) is 89.5 Å². The fraction of sp³-hybridized carbons (Fsp3) is 0.545. The van der Waals surface area contributed by atoms with Gasteiger partial charge in [0, 0.05) is 30.6 Å². The molecule has 110 valence electrons. The van der Waals surface area contributed by atoms with E-state index in [2.05, 4.69) is 9.97 Å². The molecule has 1 unspecified atom stereocenters. The third-order valence-electron chi connectivity index (χ3n) is 2.91. The van der Waals surface area contributed by atoms with Gasteiger partial charge in [0.1, 0.15) is 0 Å². The van der Waals surface area contributed by atoms with E-state index in [0.717, 1.165) is 0 Å². The Bertz CT molecular complexity index is 635. The largest absolute Gasteiger partial charge is 0.481 e. The van der Waals surface area contributed by atoms with Crippen LogP contribution in [0.4, 0.5) is 9.83 Å². The fourth-order valence-corrected chi connectivity index (χ4v) is 2.90. The van der Waals surface area contributed by atoms with Gasteiger partial charge in [0.15, 0.2) is 0 Å². The van der Waals surface area contributed by atoms with Gasteiger partial charge < -0.3 is 4.74 Å². The van der Waals surface area contributed by atoms with Gasteiger partial charge in [-0.1, -0.05) is 0 Å². The Labute approximate surface area is 116 Å². The van der Waals surface area contributed by atoms with E-state index in [-0.39, 0.29) is 24.8 Å². The van der Waals surface area contributed by atoms with Crippen LogP contribution in [-0.4, -0.2) is 43.7 Å². The van der Waals surface area contributed by atoms with Crippen molar-refractivity contribution < 1.29 is 21.8 Å². The van der Waals surface area contributed by atoms with Gasteiger partial charge in [-0.05, 0) is 6.92 Å². The zero-order chi connectivity index (χ0) is 14.9. The van der Waals surface area contributed by atoms with Crippen LogP contribution in [-0.2, 0) is 15.0 Å². The van der Waals surface area contributed by atoms with Gasteiger partial charge in [0.2, 0.25) is 17.7 Å². The molecule has 1 aliphatic heterocycles. The number of carbonyl (C=O) groups excluding carboxylic acids is 1. The minimum absolute atomic E-state index is 0.0389. The molecular formula is C11H14FN3O4S. The van der Waals surface area contributed by atoms with Crippen molar-refractivity contribution in [3.63, 3.8) is 0 Å². The normalized spacial score (nSPS) is 19.4. The number of rotatable bonds is 4. The molecule has 0 radical (unpaired) electrons. The summed E-state index contributed by atoms with van der Waals surface area (Å²) in [5, 5.41) is 0. The number of aryl methyl sites for hydroxylation is 1. The van der Waals surface area contributed by atoms with Gasteiger partial charge in [-0.15, -0.1) is 3.89 Å². The molecule has 1 atom stereocenters. The Balaban J connectivity index is 2.21. The SMILES string of the molecule is COc1cc(C)nc(N2CC(CS(=O)(=O)F)CC2=O)n1. The molecule has 1 amide bonds. The van der Waals surface area contributed by atoms with Gasteiger partial charge in [-0.3, -0.25) is 9.69 Å². The second kappa shape index (κ2) is 5.31. The summed E-state index contributed by atoms with van der Waals surface area (Å²) >= 11 is 0. The van der Waals surface area contributed by atoms with E-state index < -0.39 is 21.9 Å². The number of carbonyl (C=O) groups is 1. The Morgan fingerprint density at radius 2 is 2.20 bits per heavy atom. The third kappa shape index (κ3) is 3.41. The summed E-state index contributed by atoms with van der Waals surface area (Å²) in [7, 11) is -3.16. The highest BCUT2D eigenvalue weighted by atomic mass is 32.3. The first kappa shape index (κ1) is 14.6. The maximum atomic E-state index is 12.7. The smallest absolute Gasteiger partial charge is 0.302 e. The van der Waals surface area contributed by atoms with Crippen LogP contribution in [0.5, 0.6) is 5.88 Å². The Morgan fingerprint density at radius 3 is 2.80 bits per heavy atom. The standard InChI is InChI=1S/C11H14FN3O4S/c1-7-3-9(19-2)14-11(13-7)15-5-8(4-10(15)16)6-20(12,17)18/h3,8H,4-6H2,1-2H3. The van der Waals surface area contributed by atoms with Crippen molar-refractivity contribution in [1.82, 2.24) is 9.97 Å². The zero-order valence-electron chi connectivity index (χ0n) is 11.0. The molecule has 0 saturated carbocycles. The summed E-state index contributed by atoms with van der Waals surface area (Å²) < 4.78 is 39.0. The predicted molar refractivity (Wildman–Crippen MR) is 68.7 cm³/mol. The first-order valence-corrected chi connectivity index (χ1v) is 7.46. The molecule has 0 N–H and O–H groups in total. The third-order valence-corrected chi connectivity index (χ3v) is 3.78. The van der Waals surface area contributed by atoms with Crippen LogP contribution < -0.4 is 9.64 Å². The van der Waals surface area contributed by atoms with Gasteiger partial charge in [-0.2, -0.15) is 13.4 Å². The van der Waals surface area contributed by atoms with Crippen LogP contribution in [0.1, 0.15) is 12.1 Å². The minimum Gasteiger partial charge on any atom is -0.481 e. The number of aromatic nitrogens is 2. The molecule has 0 bridgehead atoms. The Hall–Kier alpha value is -1.77. The van der Waals surface area contributed by atoms with E-state index in [1.54, 1.807) is 13.0 Å². The number of hydrogen-bond donors (Lipinski definition) is 0. The van der Waals surface area contributed by atoms with Gasteiger partial charge in [0.05, 0.1) is 12.9 Å². The number of amides is 1. The summed E-state index contributed by atoms with van der Waals surface area (Å²) in [6.45, 7) is 1.80. The van der Waals surface area contributed by atoms with Crippen LogP contribution in [0.25, 0.3) is 0 Å². The summed E-state index contributed by atoms with van der Waals surface area (Å²) in [6.07, 6.45) is -0.0389. The van der Waals surface area contributed by atoms with E-state index in [1.165, 1.54) is 12.0 Å². The molecule has 9 heteroatoms. The average molecular weight is 303 g/mol. The Morgan fingerprint density at radius 1 is 1.50 bits per heavy atom. The molecule has 1 aromatic heterocycles. The van der Waals surface area contributed by atoms with Crippen molar-refractivity contribution in [2.24, 2.45) is 5.92 Å². The van der Waals surface area contributed by atoms with Crippen molar-refractivity contribution in [3.8, 4) is 5.88 Å². The monoisotopic (exact) mass is 303 g/mol. The highest BCUT2D eigenvalue weighted by Gasteiger charge is 2.35. The molecule has 0 aliphatic carbocycles. The molecule has 1 aromatic rings. The van der Waals surface area contributed by atoms with Crippen LogP contribution in [0.2, 0.25) is 0 Å². The molecule has 2 heterocycles. The van der Waals surface area contributed by atoms with Crippen molar-refractivity contribution in [1.29, 1.82) is 0 Å². The number of methoxy groups -OCH3 is 1. The number of hydrogen-bond acceptors (Lipinski definition) is 6. The average Bonchev–Trinajstić information content (AvgIpc) is 2.66. The summed E-state index contributed by atoms with van der Waals surface area (Å²) in [5.74, 6) is -1.13. The molecule has 0 aromatic carbocycles. The molecule has 1 fully saturated rings. The van der Waals surface area contributed by atoms with Crippen LogP contribution in [0.15, 0.2) is 6.07 Å². The first-order chi connectivity index (χ1) is 9.28. The van der Waals surface area contributed by atoms with Crippen LogP contribution >= 0.6 is 0 Å². The molecule has 0 spiro atoms. The highest BCUT2D eigenvalue weighted by molar-refractivity contribution is 7.86. The second-order valence-electron chi connectivity index (χ2n) is 4.63. The lowest BCUT2D eigenvalue weighted by atomic mass is 10.1. The Kier molecular flexibility index (Phi) is 3.89. The molecular weight excluding hydrogens is 289 g/mol. The summed E-state index contributed by atoms with van der Waals surface area (Å²) in [6, 6.07) is 1.60. The van der Waals surface area contributed by atoms with Gasteiger partial charge >= 0.3 is 10.2 Å². The van der Waals surface area contributed by atoms with Gasteiger partial charge in [-0.25, -0.2) is 4.98 Å². The lowest BCUT2D eigenvalue weighted by Crippen LogP contribution is -2.27. The molecule has 1 aliphatic rings.